The van der Waals surface area contributed by atoms with Crippen LogP contribution in [0.4, 0.5) is 11.4 Å². The van der Waals surface area contributed by atoms with Crippen molar-refractivity contribution in [3.63, 3.8) is 0 Å². The van der Waals surface area contributed by atoms with Gasteiger partial charge in [-0.2, -0.15) is 5.26 Å². The number of anilines is 2. The lowest BCUT2D eigenvalue weighted by Crippen LogP contribution is -2.35. The maximum absolute atomic E-state index is 12.6. The standard InChI is InChI=1S/C19H17N3O3/c1-25-15-7-4-6-14(11-15)21-17(23)19(9-10-19)18(24)22-16-8-3-2-5-13(16)12-20/h2-8,11H,9-10H2,1H3,(H,21,23)(H,22,24). The van der Waals surface area contributed by atoms with E-state index in [4.69, 9.17) is 10.00 Å². The van der Waals surface area contributed by atoms with Crippen LogP contribution in [0.1, 0.15) is 18.4 Å². The Morgan fingerprint density at radius 1 is 1.08 bits per heavy atom. The predicted octanol–water partition coefficient (Wildman–Crippen LogP) is 2.92. The van der Waals surface area contributed by atoms with E-state index in [1.165, 1.54) is 0 Å². The molecular weight excluding hydrogens is 318 g/mol. The van der Waals surface area contributed by atoms with Crippen molar-refractivity contribution >= 4 is 23.2 Å². The minimum atomic E-state index is -1.09. The molecule has 3 rings (SSSR count). The summed E-state index contributed by atoms with van der Waals surface area (Å²) in [7, 11) is 1.55. The third-order valence-electron chi connectivity index (χ3n) is 4.24. The van der Waals surface area contributed by atoms with Crippen LogP contribution in [0.5, 0.6) is 5.75 Å². The van der Waals surface area contributed by atoms with Gasteiger partial charge in [0.05, 0.1) is 18.4 Å². The number of carbonyl (C=O) groups is 2. The van der Waals surface area contributed by atoms with Crippen LogP contribution < -0.4 is 15.4 Å². The van der Waals surface area contributed by atoms with E-state index in [1.807, 2.05) is 6.07 Å². The zero-order valence-corrected chi connectivity index (χ0v) is 13.7. The molecular formula is C19H17N3O3. The highest BCUT2D eigenvalue weighted by Crippen LogP contribution is 2.47. The van der Waals surface area contributed by atoms with E-state index in [0.29, 0.717) is 35.5 Å². The molecule has 0 radical (unpaired) electrons. The number of ether oxygens (including phenoxy) is 1. The van der Waals surface area contributed by atoms with Crippen LogP contribution in [0.25, 0.3) is 0 Å². The van der Waals surface area contributed by atoms with Crippen LogP contribution in [0.2, 0.25) is 0 Å². The molecule has 0 bridgehead atoms. The number of amides is 2. The first-order valence-electron chi connectivity index (χ1n) is 7.85. The highest BCUT2D eigenvalue weighted by molar-refractivity contribution is 6.17. The number of nitriles is 1. The van der Waals surface area contributed by atoms with Gasteiger partial charge >= 0.3 is 0 Å². The van der Waals surface area contributed by atoms with Crippen LogP contribution >= 0.6 is 0 Å². The van der Waals surface area contributed by atoms with Crippen molar-refractivity contribution in [1.29, 1.82) is 5.26 Å². The molecule has 6 heteroatoms. The number of rotatable bonds is 5. The smallest absolute Gasteiger partial charge is 0.240 e. The van der Waals surface area contributed by atoms with Crippen LogP contribution in [-0.4, -0.2) is 18.9 Å². The first-order valence-corrected chi connectivity index (χ1v) is 7.85. The number of nitrogens with one attached hydrogen (secondary N) is 2. The van der Waals surface area contributed by atoms with Gasteiger partial charge in [-0.05, 0) is 37.1 Å². The summed E-state index contributed by atoms with van der Waals surface area (Å²) in [6.07, 6.45) is 0.951. The lowest BCUT2D eigenvalue weighted by Gasteiger charge is -2.16. The minimum absolute atomic E-state index is 0.354. The highest BCUT2D eigenvalue weighted by atomic mass is 16.5. The molecule has 0 heterocycles. The Hall–Kier alpha value is -3.33. The fourth-order valence-corrected chi connectivity index (χ4v) is 2.57. The second-order valence-corrected chi connectivity index (χ2v) is 5.88. The third-order valence-corrected chi connectivity index (χ3v) is 4.24. The van der Waals surface area contributed by atoms with Gasteiger partial charge < -0.3 is 15.4 Å². The van der Waals surface area contributed by atoms with E-state index in [1.54, 1.807) is 55.6 Å². The largest absolute Gasteiger partial charge is 0.497 e. The zero-order valence-electron chi connectivity index (χ0n) is 13.7. The Labute approximate surface area is 145 Å². The molecule has 1 saturated carbocycles. The summed E-state index contributed by atoms with van der Waals surface area (Å²) >= 11 is 0. The summed E-state index contributed by atoms with van der Waals surface area (Å²) in [4.78, 5) is 25.2. The van der Waals surface area contributed by atoms with Crippen molar-refractivity contribution in [3.8, 4) is 11.8 Å². The molecule has 0 spiro atoms. The summed E-state index contributed by atoms with van der Waals surface area (Å²) in [6.45, 7) is 0. The molecule has 1 aliphatic carbocycles. The van der Waals surface area contributed by atoms with Crippen LogP contribution in [-0.2, 0) is 9.59 Å². The molecule has 2 N–H and O–H groups in total. The molecule has 0 aromatic heterocycles. The topological polar surface area (TPSA) is 91.2 Å². The summed E-state index contributed by atoms with van der Waals surface area (Å²) in [6, 6.07) is 15.7. The number of benzene rings is 2. The van der Waals surface area contributed by atoms with Gasteiger partial charge in [-0.15, -0.1) is 0 Å². The maximum atomic E-state index is 12.6. The molecule has 25 heavy (non-hydrogen) atoms. The maximum Gasteiger partial charge on any atom is 0.240 e. The molecule has 0 aliphatic heterocycles. The SMILES string of the molecule is COc1cccc(NC(=O)C2(C(=O)Nc3ccccc3C#N)CC2)c1. The molecule has 1 fully saturated rings. The quantitative estimate of drug-likeness (QED) is 0.822. The van der Waals surface area contributed by atoms with Crippen molar-refractivity contribution in [2.45, 2.75) is 12.8 Å². The fraction of sp³-hybridized carbons (Fsp3) is 0.211. The first kappa shape index (κ1) is 16.5. The Kier molecular flexibility index (Phi) is 4.40. The number of para-hydroxylation sites is 1. The number of hydrogen-bond donors (Lipinski definition) is 2. The molecule has 126 valence electrons. The lowest BCUT2D eigenvalue weighted by molar-refractivity contribution is -0.131. The number of carbonyl (C=O) groups excluding carboxylic acids is 2. The Morgan fingerprint density at radius 2 is 1.80 bits per heavy atom. The van der Waals surface area contributed by atoms with Crippen LogP contribution in [0.15, 0.2) is 48.5 Å². The summed E-state index contributed by atoms with van der Waals surface area (Å²) < 4.78 is 5.13. The van der Waals surface area contributed by atoms with Crippen molar-refractivity contribution in [3.05, 3.63) is 54.1 Å². The molecule has 1 aliphatic rings. The van der Waals surface area contributed by atoms with Gasteiger partial charge in [0.2, 0.25) is 11.8 Å². The van der Waals surface area contributed by atoms with E-state index in [0.717, 1.165) is 0 Å². The normalized spacial score (nSPS) is 14.1. The van der Waals surface area contributed by atoms with Gasteiger partial charge in [0.15, 0.2) is 0 Å². The van der Waals surface area contributed by atoms with Gasteiger partial charge in [0.25, 0.3) is 0 Å². The van der Waals surface area contributed by atoms with Crippen molar-refractivity contribution in [2.75, 3.05) is 17.7 Å². The van der Waals surface area contributed by atoms with Crippen molar-refractivity contribution in [2.24, 2.45) is 5.41 Å². The lowest BCUT2D eigenvalue weighted by atomic mass is 10.0. The van der Waals surface area contributed by atoms with Gasteiger partial charge in [0, 0.05) is 11.8 Å². The average molecular weight is 335 g/mol. The van der Waals surface area contributed by atoms with Crippen molar-refractivity contribution < 1.29 is 14.3 Å². The van der Waals surface area contributed by atoms with E-state index in [2.05, 4.69) is 10.6 Å². The Morgan fingerprint density at radius 3 is 2.48 bits per heavy atom. The molecule has 0 atom stereocenters. The summed E-state index contributed by atoms with van der Waals surface area (Å²) in [5.41, 5.74) is 0.252. The van der Waals surface area contributed by atoms with E-state index >= 15 is 0 Å². The van der Waals surface area contributed by atoms with E-state index < -0.39 is 11.3 Å². The van der Waals surface area contributed by atoms with E-state index in [9.17, 15) is 9.59 Å². The zero-order chi connectivity index (χ0) is 17.9. The van der Waals surface area contributed by atoms with Crippen molar-refractivity contribution in [1.82, 2.24) is 0 Å². The van der Waals surface area contributed by atoms with Crippen LogP contribution in [0.3, 0.4) is 0 Å². The molecule has 2 aromatic rings. The number of nitrogens with zero attached hydrogens (tertiary/aromatic N) is 1. The van der Waals surface area contributed by atoms with Gasteiger partial charge in [-0.3, -0.25) is 9.59 Å². The minimum Gasteiger partial charge on any atom is -0.497 e. The summed E-state index contributed by atoms with van der Waals surface area (Å²) in [5, 5.41) is 14.6. The van der Waals surface area contributed by atoms with E-state index in [-0.39, 0.29) is 5.91 Å². The Bertz CT molecular complexity index is 866. The third kappa shape index (κ3) is 3.31. The number of hydrogen-bond acceptors (Lipinski definition) is 4. The Balaban J connectivity index is 1.74. The second-order valence-electron chi connectivity index (χ2n) is 5.88. The molecule has 2 amide bonds. The van der Waals surface area contributed by atoms with Gasteiger partial charge in [-0.25, -0.2) is 0 Å². The first-order chi connectivity index (χ1) is 12.1. The molecule has 0 saturated heterocycles. The predicted molar refractivity (Wildman–Crippen MR) is 93.1 cm³/mol. The second kappa shape index (κ2) is 6.65. The van der Waals surface area contributed by atoms with Crippen LogP contribution in [0, 0.1) is 16.7 Å². The van der Waals surface area contributed by atoms with Gasteiger partial charge in [-0.1, -0.05) is 18.2 Å². The molecule has 6 nitrogen and oxygen atoms in total. The molecule has 0 unspecified atom stereocenters. The highest BCUT2D eigenvalue weighted by Gasteiger charge is 2.56. The fourth-order valence-electron chi connectivity index (χ4n) is 2.57. The summed E-state index contributed by atoms with van der Waals surface area (Å²) in [5.74, 6) is -0.127. The monoisotopic (exact) mass is 335 g/mol. The number of methoxy groups -OCH3 is 1. The average Bonchev–Trinajstić information content (AvgIpc) is 3.44. The molecule has 2 aromatic carbocycles. The van der Waals surface area contributed by atoms with Gasteiger partial charge in [0.1, 0.15) is 17.2 Å².